The number of rotatable bonds is 3. The van der Waals surface area contributed by atoms with Crippen molar-refractivity contribution in [3.63, 3.8) is 0 Å². The van der Waals surface area contributed by atoms with Crippen LogP contribution >= 0.6 is 35.0 Å². The number of hydrogen-bond donors (Lipinski definition) is 1. The molecule has 0 aliphatic carbocycles. The highest BCUT2D eigenvalue weighted by molar-refractivity contribution is 8.01. The molecule has 1 atom stereocenters. The van der Waals surface area contributed by atoms with E-state index in [1.165, 1.54) is 5.56 Å². The van der Waals surface area contributed by atoms with Crippen molar-refractivity contribution < 1.29 is 4.79 Å². The second kappa shape index (κ2) is 6.27. The molecular weight excluding hydrogens is 351 g/mol. The third-order valence-electron chi connectivity index (χ3n) is 3.93. The Morgan fingerprint density at radius 2 is 1.74 bits per heavy atom. The molecule has 1 unspecified atom stereocenters. The van der Waals surface area contributed by atoms with Crippen LogP contribution in [0, 0.1) is 6.92 Å². The van der Waals surface area contributed by atoms with E-state index in [0.29, 0.717) is 21.5 Å². The molecule has 2 aromatic carbocycles. The lowest BCUT2D eigenvalue weighted by Gasteiger charge is -2.35. The maximum Gasteiger partial charge on any atom is 0.252 e. The summed E-state index contributed by atoms with van der Waals surface area (Å²) in [5.74, 6) is 0.397. The molecule has 6 heteroatoms. The number of nitrogens with zero attached hydrogens (tertiary/aromatic N) is 1. The van der Waals surface area contributed by atoms with Gasteiger partial charge in [-0.15, -0.1) is 11.8 Å². The molecule has 1 aliphatic rings. The van der Waals surface area contributed by atoms with E-state index >= 15 is 0 Å². The Kier molecular flexibility index (Phi) is 4.50. The summed E-state index contributed by atoms with van der Waals surface area (Å²) in [6.45, 7) is 4.06. The molecule has 3 nitrogen and oxygen atoms in total. The quantitative estimate of drug-likeness (QED) is 0.821. The van der Waals surface area contributed by atoms with Crippen LogP contribution in [0.25, 0.3) is 0 Å². The summed E-state index contributed by atoms with van der Waals surface area (Å²) in [5.41, 5.74) is 5.91. The summed E-state index contributed by atoms with van der Waals surface area (Å²) >= 11 is 14.0. The van der Waals surface area contributed by atoms with E-state index < -0.39 is 4.87 Å². The molecule has 1 saturated heterocycles. The summed E-state index contributed by atoms with van der Waals surface area (Å²) in [6.07, 6.45) is 0. The minimum absolute atomic E-state index is 0.00550. The van der Waals surface area contributed by atoms with Crippen LogP contribution in [-0.4, -0.2) is 16.7 Å². The van der Waals surface area contributed by atoms with Crippen molar-refractivity contribution in [2.75, 3.05) is 11.2 Å². The number of hydrazine groups is 1. The lowest BCUT2D eigenvalue weighted by molar-refractivity contribution is -0.128. The minimum Gasteiger partial charge on any atom is -0.291 e. The normalized spacial score (nSPS) is 20.9. The summed E-state index contributed by atoms with van der Waals surface area (Å²) in [7, 11) is 0. The Hall–Kier alpha value is -1.36. The Morgan fingerprint density at radius 1 is 1.13 bits per heavy atom. The molecule has 120 valence electrons. The number of anilines is 1. The first-order valence-electron chi connectivity index (χ1n) is 7.16. The number of aryl methyl sites for hydroxylation is 1. The van der Waals surface area contributed by atoms with Crippen molar-refractivity contribution in [2.24, 2.45) is 0 Å². The van der Waals surface area contributed by atoms with Crippen LogP contribution in [0.2, 0.25) is 10.0 Å². The van der Waals surface area contributed by atoms with E-state index in [-0.39, 0.29) is 5.91 Å². The second-order valence-electron chi connectivity index (χ2n) is 5.58. The molecule has 1 N–H and O–H groups in total. The van der Waals surface area contributed by atoms with Gasteiger partial charge >= 0.3 is 0 Å². The van der Waals surface area contributed by atoms with Gasteiger partial charge in [-0.3, -0.25) is 10.2 Å². The van der Waals surface area contributed by atoms with E-state index in [1.807, 2.05) is 38.1 Å². The summed E-state index contributed by atoms with van der Waals surface area (Å²) < 4.78 is 0. The summed E-state index contributed by atoms with van der Waals surface area (Å²) in [5, 5.41) is 2.58. The number of thioether (sulfide) groups is 1. The molecule has 23 heavy (non-hydrogen) atoms. The number of para-hydroxylation sites is 1. The van der Waals surface area contributed by atoms with E-state index in [0.717, 1.165) is 5.56 Å². The van der Waals surface area contributed by atoms with E-state index in [2.05, 4.69) is 5.43 Å². The smallest absolute Gasteiger partial charge is 0.252 e. The average Bonchev–Trinajstić information content (AvgIpc) is 2.80. The van der Waals surface area contributed by atoms with Crippen LogP contribution in [0.3, 0.4) is 0 Å². The molecule has 1 fully saturated rings. The van der Waals surface area contributed by atoms with Crippen LogP contribution in [0.5, 0.6) is 0 Å². The average molecular weight is 367 g/mol. The molecule has 0 radical (unpaired) electrons. The third kappa shape index (κ3) is 3.03. The molecule has 2 aromatic rings. The standard InChI is InChI=1S/C17H16Cl2N2OS/c1-11-6-8-12(9-7-11)17(2)21(15(22)10-23-17)20-16-13(18)4-3-5-14(16)19/h3-9,20H,10H2,1-2H3. The van der Waals surface area contributed by atoms with Crippen molar-refractivity contribution in [3.8, 4) is 0 Å². The molecule has 0 bridgehead atoms. The Balaban J connectivity index is 1.98. The first-order chi connectivity index (χ1) is 10.9. The molecule has 1 aliphatic heterocycles. The van der Waals surface area contributed by atoms with Crippen LogP contribution in [-0.2, 0) is 9.67 Å². The zero-order chi connectivity index (χ0) is 16.6. The molecule has 1 amide bonds. The molecule has 3 rings (SSSR count). The number of carbonyl (C=O) groups excluding carboxylic acids is 1. The fraction of sp³-hybridized carbons (Fsp3) is 0.235. The highest BCUT2D eigenvalue weighted by atomic mass is 35.5. The highest BCUT2D eigenvalue weighted by Crippen LogP contribution is 2.45. The van der Waals surface area contributed by atoms with Crippen LogP contribution in [0.1, 0.15) is 18.1 Å². The largest absolute Gasteiger partial charge is 0.291 e. The molecule has 0 aromatic heterocycles. The van der Waals surface area contributed by atoms with Crippen LogP contribution < -0.4 is 5.43 Å². The Labute approximate surface area is 149 Å². The number of hydrogen-bond acceptors (Lipinski definition) is 3. The Bertz CT molecular complexity index is 731. The minimum atomic E-state index is -0.521. The first-order valence-corrected chi connectivity index (χ1v) is 8.91. The maximum absolute atomic E-state index is 12.4. The van der Waals surface area contributed by atoms with Gasteiger partial charge in [-0.2, -0.15) is 0 Å². The fourth-order valence-corrected chi connectivity index (χ4v) is 4.12. The van der Waals surface area contributed by atoms with E-state index in [9.17, 15) is 4.79 Å². The van der Waals surface area contributed by atoms with Gasteiger partial charge in [0.05, 0.1) is 21.5 Å². The number of carbonyl (C=O) groups is 1. The van der Waals surface area contributed by atoms with Gasteiger partial charge in [-0.25, -0.2) is 5.01 Å². The summed E-state index contributed by atoms with van der Waals surface area (Å²) in [4.78, 5) is 11.9. The van der Waals surface area contributed by atoms with Crippen LogP contribution in [0.4, 0.5) is 5.69 Å². The number of halogens is 2. The van der Waals surface area contributed by atoms with Gasteiger partial charge in [0.2, 0.25) is 0 Å². The van der Waals surface area contributed by atoms with Gasteiger partial charge in [0.15, 0.2) is 0 Å². The second-order valence-corrected chi connectivity index (χ2v) is 7.76. The van der Waals surface area contributed by atoms with Crippen LogP contribution in [0.15, 0.2) is 42.5 Å². The lowest BCUT2D eigenvalue weighted by atomic mass is 10.1. The molecule has 1 heterocycles. The monoisotopic (exact) mass is 366 g/mol. The maximum atomic E-state index is 12.4. The van der Waals surface area contributed by atoms with Crippen molar-refractivity contribution in [2.45, 2.75) is 18.7 Å². The van der Waals surface area contributed by atoms with E-state index in [1.54, 1.807) is 35.0 Å². The first kappa shape index (κ1) is 16.5. The van der Waals surface area contributed by atoms with Crippen molar-refractivity contribution in [1.82, 2.24) is 5.01 Å². The zero-order valence-corrected chi connectivity index (χ0v) is 15.1. The van der Waals surface area contributed by atoms with Gasteiger partial charge < -0.3 is 0 Å². The summed E-state index contributed by atoms with van der Waals surface area (Å²) in [6, 6.07) is 13.4. The van der Waals surface area contributed by atoms with Crippen molar-refractivity contribution in [3.05, 3.63) is 63.6 Å². The third-order valence-corrected chi connectivity index (χ3v) is 5.93. The SMILES string of the molecule is Cc1ccc(C2(C)SCC(=O)N2Nc2c(Cl)cccc2Cl)cc1. The number of benzene rings is 2. The van der Waals surface area contributed by atoms with E-state index in [4.69, 9.17) is 23.2 Å². The number of nitrogens with one attached hydrogen (secondary N) is 1. The lowest BCUT2D eigenvalue weighted by Crippen LogP contribution is -2.44. The van der Waals surface area contributed by atoms with Gasteiger partial charge in [0, 0.05) is 0 Å². The highest BCUT2D eigenvalue weighted by Gasteiger charge is 2.44. The van der Waals surface area contributed by atoms with Gasteiger partial charge in [-0.05, 0) is 31.5 Å². The van der Waals surface area contributed by atoms with Gasteiger partial charge in [0.1, 0.15) is 4.87 Å². The molecule has 0 saturated carbocycles. The van der Waals surface area contributed by atoms with Gasteiger partial charge in [0.25, 0.3) is 5.91 Å². The predicted molar refractivity (Wildman–Crippen MR) is 97.9 cm³/mol. The van der Waals surface area contributed by atoms with Gasteiger partial charge in [-0.1, -0.05) is 59.1 Å². The van der Waals surface area contributed by atoms with Crippen molar-refractivity contribution in [1.29, 1.82) is 0 Å². The number of amides is 1. The Morgan fingerprint density at radius 3 is 2.35 bits per heavy atom. The topological polar surface area (TPSA) is 32.3 Å². The zero-order valence-electron chi connectivity index (χ0n) is 12.8. The predicted octanol–water partition coefficient (Wildman–Crippen LogP) is 5.08. The molecular formula is C17H16Cl2N2OS. The fourth-order valence-electron chi connectivity index (χ4n) is 2.53. The van der Waals surface area contributed by atoms with Crippen molar-refractivity contribution >= 4 is 46.6 Å². The molecule has 0 spiro atoms.